The van der Waals surface area contributed by atoms with Gasteiger partial charge in [-0.3, -0.25) is 4.57 Å². The van der Waals surface area contributed by atoms with Gasteiger partial charge in [-0.25, -0.2) is 4.79 Å². The molecule has 0 unspecified atom stereocenters. The Hall–Kier alpha value is -2.66. The second-order valence-electron chi connectivity index (χ2n) is 4.75. The summed E-state index contributed by atoms with van der Waals surface area (Å²) in [6.07, 6.45) is 1.95. The topological polar surface area (TPSA) is 47.0 Å². The predicted octanol–water partition coefficient (Wildman–Crippen LogP) is 3.99. The van der Waals surface area contributed by atoms with Crippen molar-refractivity contribution in [3.05, 3.63) is 71.1 Å². The number of ether oxygens (including phenoxy) is 1. The fraction of sp³-hybridized carbons (Fsp3) is 0.0588. The minimum Gasteiger partial charge on any atom is -0.465 e. The lowest BCUT2D eigenvalue weighted by atomic mass is 10.2. The molecule has 2 aromatic carbocycles. The minimum absolute atomic E-state index is 0.353. The van der Waals surface area contributed by atoms with Crippen molar-refractivity contribution in [3.63, 3.8) is 0 Å². The van der Waals surface area contributed by atoms with Crippen molar-refractivity contribution in [2.45, 2.75) is 0 Å². The SMILES string of the molecule is COC(=O)c1ccc(-n2cc(-c3ccccc3)[nH]c2=S)cc1. The van der Waals surface area contributed by atoms with Gasteiger partial charge in [0.15, 0.2) is 4.77 Å². The number of esters is 1. The Morgan fingerprint density at radius 1 is 1.09 bits per heavy atom. The Kier molecular flexibility index (Phi) is 3.89. The molecule has 0 bridgehead atoms. The highest BCUT2D eigenvalue weighted by Gasteiger charge is 2.07. The third-order valence-corrected chi connectivity index (χ3v) is 3.67. The largest absolute Gasteiger partial charge is 0.465 e. The summed E-state index contributed by atoms with van der Waals surface area (Å²) in [5.41, 5.74) is 3.41. The Morgan fingerprint density at radius 2 is 1.77 bits per heavy atom. The van der Waals surface area contributed by atoms with Crippen LogP contribution in [0.4, 0.5) is 0 Å². The zero-order valence-corrected chi connectivity index (χ0v) is 12.8. The summed E-state index contributed by atoms with van der Waals surface area (Å²) in [6, 6.07) is 17.1. The molecule has 0 aliphatic heterocycles. The predicted molar refractivity (Wildman–Crippen MR) is 87.7 cm³/mol. The number of hydrogen-bond donors (Lipinski definition) is 1. The number of carbonyl (C=O) groups excluding carboxylic acids is 1. The van der Waals surface area contributed by atoms with E-state index in [2.05, 4.69) is 4.98 Å². The third-order valence-electron chi connectivity index (χ3n) is 3.37. The number of hydrogen-bond acceptors (Lipinski definition) is 3. The summed E-state index contributed by atoms with van der Waals surface area (Å²) in [7, 11) is 1.37. The highest BCUT2D eigenvalue weighted by Crippen LogP contribution is 2.20. The van der Waals surface area contributed by atoms with E-state index in [1.54, 1.807) is 12.1 Å². The molecule has 0 aliphatic rings. The molecule has 0 fully saturated rings. The number of aromatic amines is 1. The molecule has 1 aromatic heterocycles. The Balaban J connectivity index is 1.97. The molecule has 0 spiro atoms. The number of aromatic nitrogens is 2. The Labute approximate surface area is 133 Å². The number of imidazole rings is 1. The van der Waals surface area contributed by atoms with E-state index in [1.807, 2.05) is 53.2 Å². The molecule has 0 atom stereocenters. The number of nitrogens with one attached hydrogen (secondary N) is 1. The summed E-state index contributed by atoms with van der Waals surface area (Å²) in [5.74, 6) is -0.353. The molecule has 0 saturated heterocycles. The van der Waals surface area contributed by atoms with Crippen molar-refractivity contribution >= 4 is 18.2 Å². The van der Waals surface area contributed by atoms with Gasteiger partial charge in [0.2, 0.25) is 0 Å². The third kappa shape index (κ3) is 2.71. The number of methoxy groups -OCH3 is 1. The second kappa shape index (κ2) is 5.99. The summed E-state index contributed by atoms with van der Waals surface area (Å²) < 4.78 is 7.17. The van der Waals surface area contributed by atoms with Gasteiger partial charge in [0.05, 0.1) is 18.4 Å². The molecule has 0 saturated carbocycles. The van der Waals surface area contributed by atoms with E-state index in [-0.39, 0.29) is 5.97 Å². The number of benzene rings is 2. The quantitative estimate of drug-likeness (QED) is 0.588. The molecule has 110 valence electrons. The van der Waals surface area contributed by atoms with Gasteiger partial charge in [0.25, 0.3) is 0 Å². The average molecular weight is 310 g/mol. The van der Waals surface area contributed by atoms with Crippen molar-refractivity contribution in [1.29, 1.82) is 0 Å². The lowest BCUT2D eigenvalue weighted by Gasteiger charge is -2.03. The summed E-state index contributed by atoms with van der Waals surface area (Å²) in [5, 5.41) is 0. The van der Waals surface area contributed by atoms with Gasteiger partial charge in [0, 0.05) is 11.9 Å². The van der Waals surface area contributed by atoms with Crippen LogP contribution >= 0.6 is 12.2 Å². The average Bonchev–Trinajstić information content (AvgIpc) is 2.97. The molecule has 3 rings (SSSR count). The Bertz CT molecular complexity index is 848. The standard InChI is InChI=1S/C17H14N2O2S/c1-21-16(20)13-7-9-14(10-8-13)19-11-15(18-17(19)22)12-5-3-2-4-6-12/h2-11H,1H3,(H,18,22). The zero-order valence-electron chi connectivity index (χ0n) is 11.9. The number of carbonyl (C=O) groups is 1. The van der Waals surface area contributed by atoms with Crippen molar-refractivity contribution < 1.29 is 9.53 Å². The molecule has 0 amide bonds. The van der Waals surface area contributed by atoms with Gasteiger partial charge in [-0.05, 0) is 42.0 Å². The van der Waals surface area contributed by atoms with Crippen LogP contribution < -0.4 is 0 Å². The fourth-order valence-corrected chi connectivity index (χ4v) is 2.50. The lowest BCUT2D eigenvalue weighted by molar-refractivity contribution is 0.0601. The van der Waals surface area contributed by atoms with Crippen LogP contribution in [-0.4, -0.2) is 22.6 Å². The molecule has 5 heteroatoms. The van der Waals surface area contributed by atoms with E-state index in [1.165, 1.54) is 7.11 Å². The van der Waals surface area contributed by atoms with E-state index < -0.39 is 0 Å². The van der Waals surface area contributed by atoms with Gasteiger partial charge < -0.3 is 9.72 Å². The summed E-state index contributed by atoms with van der Waals surface area (Å²) in [6.45, 7) is 0. The summed E-state index contributed by atoms with van der Waals surface area (Å²) >= 11 is 5.38. The van der Waals surface area contributed by atoms with Crippen LogP contribution in [0.1, 0.15) is 10.4 Å². The lowest BCUT2D eigenvalue weighted by Crippen LogP contribution is -2.01. The maximum atomic E-state index is 11.5. The first-order chi connectivity index (χ1) is 10.7. The van der Waals surface area contributed by atoms with Crippen molar-refractivity contribution in [3.8, 4) is 16.9 Å². The van der Waals surface area contributed by atoms with Crippen LogP contribution in [0.2, 0.25) is 0 Å². The van der Waals surface area contributed by atoms with Crippen LogP contribution in [0.5, 0.6) is 0 Å². The minimum atomic E-state index is -0.353. The molecule has 0 aliphatic carbocycles. The van der Waals surface area contributed by atoms with Crippen LogP contribution in [0.25, 0.3) is 16.9 Å². The van der Waals surface area contributed by atoms with E-state index in [9.17, 15) is 4.79 Å². The van der Waals surface area contributed by atoms with Gasteiger partial charge >= 0.3 is 5.97 Å². The van der Waals surface area contributed by atoms with Crippen LogP contribution in [0.15, 0.2) is 60.8 Å². The van der Waals surface area contributed by atoms with E-state index in [4.69, 9.17) is 17.0 Å². The maximum absolute atomic E-state index is 11.5. The molecule has 0 radical (unpaired) electrons. The monoisotopic (exact) mass is 310 g/mol. The maximum Gasteiger partial charge on any atom is 0.337 e. The smallest absolute Gasteiger partial charge is 0.337 e. The highest BCUT2D eigenvalue weighted by molar-refractivity contribution is 7.71. The first kappa shape index (κ1) is 14.3. The van der Waals surface area contributed by atoms with Crippen LogP contribution in [0.3, 0.4) is 0 Å². The van der Waals surface area contributed by atoms with E-state index >= 15 is 0 Å². The molecule has 3 aromatic rings. The molecule has 1 heterocycles. The molecule has 4 nitrogen and oxygen atoms in total. The first-order valence-corrected chi connectivity index (χ1v) is 7.16. The summed E-state index contributed by atoms with van der Waals surface area (Å²) in [4.78, 5) is 14.7. The van der Waals surface area contributed by atoms with Gasteiger partial charge in [-0.15, -0.1) is 0 Å². The number of H-pyrrole nitrogens is 1. The van der Waals surface area contributed by atoms with E-state index in [0.717, 1.165) is 16.9 Å². The normalized spacial score (nSPS) is 10.4. The molecule has 22 heavy (non-hydrogen) atoms. The van der Waals surface area contributed by atoms with Gasteiger partial charge in [0.1, 0.15) is 0 Å². The Morgan fingerprint density at radius 3 is 2.41 bits per heavy atom. The number of nitrogens with zero attached hydrogens (tertiary/aromatic N) is 1. The van der Waals surface area contributed by atoms with Crippen LogP contribution in [0, 0.1) is 4.77 Å². The van der Waals surface area contributed by atoms with Crippen LogP contribution in [-0.2, 0) is 4.74 Å². The van der Waals surface area contributed by atoms with E-state index in [0.29, 0.717) is 10.3 Å². The zero-order chi connectivity index (χ0) is 15.5. The van der Waals surface area contributed by atoms with Crippen molar-refractivity contribution in [2.75, 3.05) is 7.11 Å². The van der Waals surface area contributed by atoms with Crippen molar-refractivity contribution in [2.24, 2.45) is 0 Å². The molecular formula is C17H14N2O2S. The molecule has 1 N–H and O–H groups in total. The van der Waals surface area contributed by atoms with Gasteiger partial charge in [-0.1, -0.05) is 30.3 Å². The number of rotatable bonds is 3. The first-order valence-electron chi connectivity index (χ1n) is 6.75. The fourth-order valence-electron chi connectivity index (χ4n) is 2.23. The van der Waals surface area contributed by atoms with Crippen molar-refractivity contribution in [1.82, 2.24) is 9.55 Å². The van der Waals surface area contributed by atoms with Gasteiger partial charge in [-0.2, -0.15) is 0 Å². The molecular weight excluding hydrogens is 296 g/mol. The highest BCUT2D eigenvalue weighted by atomic mass is 32.1. The second-order valence-corrected chi connectivity index (χ2v) is 5.13.